The Bertz CT molecular complexity index is 700. The number of nitrogens with zero attached hydrogens (tertiary/aromatic N) is 3. The molecule has 1 unspecified atom stereocenters. The van der Waals surface area contributed by atoms with Crippen molar-refractivity contribution in [2.24, 2.45) is 0 Å². The summed E-state index contributed by atoms with van der Waals surface area (Å²) < 4.78 is 15.4. The predicted molar refractivity (Wildman–Crippen MR) is 88.7 cm³/mol. The molecule has 1 aromatic carbocycles. The second-order valence-electron chi connectivity index (χ2n) is 5.96. The summed E-state index contributed by atoms with van der Waals surface area (Å²) in [5.41, 5.74) is 0.249. The van der Waals surface area contributed by atoms with E-state index in [4.69, 9.17) is 0 Å². The third-order valence-corrected chi connectivity index (χ3v) is 3.55. The number of aromatic nitrogens is 3. The first-order chi connectivity index (χ1) is 11.4. The van der Waals surface area contributed by atoms with E-state index in [1.165, 1.54) is 10.7 Å². The minimum absolute atomic E-state index is 0.0364. The number of benzene rings is 1. The van der Waals surface area contributed by atoms with Crippen molar-refractivity contribution in [3.05, 3.63) is 41.7 Å². The first-order valence-corrected chi connectivity index (χ1v) is 8.12. The number of carbonyl (C=O) groups is 1. The van der Waals surface area contributed by atoms with Gasteiger partial charge in [-0.15, -0.1) is 5.10 Å². The van der Waals surface area contributed by atoms with Gasteiger partial charge in [0.1, 0.15) is 17.3 Å². The van der Waals surface area contributed by atoms with Crippen molar-refractivity contribution in [1.29, 1.82) is 0 Å². The van der Waals surface area contributed by atoms with Gasteiger partial charge in [0, 0.05) is 12.5 Å². The fourth-order valence-corrected chi connectivity index (χ4v) is 2.32. The van der Waals surface area contributed by atoms with Crippen molar-refractivity contribution < 1.29 is 14.3 Å². The molecule has 1 atom stereocenters. The van der Waals surface area contributed by atoms with Gasteiger partial charge in [-0.2, -0.15) is 0 Å². The molecular formula is C17H23FN4O2. The van der Waals surface area contributed by atoms with Gasteiger partial charge in [-0.05, 0) is 18.6 Å². The van der Waals surface area contributed by atoms with Gasteiger partial charge in [-0.1, -0.05) is 39.3 Å². The van der Waals surface area contributed by atoms with Gasteiger partial charge in [0.05, 0.1) is 6.10 Å². The molecule has 7 heteroatoms. The van der Waals surface area contributed by atoms with Crippen LogP contribution in [0.25, 0.3) is 5.69 Å². The minimum atomic E-state index is -0.600. The average Bonchev–Trinajstić information content (AvgIpc) is 2.99. The van der Waals surface area contributed by atoms with E-state index in [1.807, 2.05) is 20.8 Å². The van der Waals surface area contributed by atoms with Crippen molar-refractivity contribution in [2.45, 2.75) is 45.6 Å². The largest absolute Gasteiger partial charge is 0.391 e. The van der Waals surface area contributed by atoms with Crippen LogP contribution in [0.2, 0.25) is 0 Å². The Morgan fingerprint density at radius 2 is 2.08 bits per heavy atom. The van der Waals surface area contributed by atoms with E-state index in [0.717, 1.165) is 6.42 Å². The molecule has 0 bridgehead atoms. The number of amides is 1. The summed E-state index contributed by atoms with van der Waals surface area (Å²) >= 11 is 0. The number of aliphatic hydroxyl groups is 1. The van der Waals surface area contributed by atoms with Gasteiger partial charge in [0.15, 0.2) is 0 Å². The summed E-state index contributed by atoms with van der Waals surface area (Å²) in [4.78, 5) is 16.4. The van der Waals surface area contributed by atoms with Crippen LogP contribution in [-0.2, 0) is 0 Å². The number of hydrogen-bond acceptors (Lipinski definition) is 4. The van der Waals surface area contributed by atoms with Crippen LogP contribution in [0.3, 0.4) is 0 Å². The van der Waals surface area contributed by atoms with Crippen molar-refractivity contribution in [2.75, 3.05) is 6.54 Å². The van der Waals surface area contributed by atoms with E-state index in [0.29, 0.717) is 12.2 Å². The Labute approximate surface area is 140 Å². The zero-order chi connectivity index (χ0) is 17.7. The van der Waals surface area contributed by atoms with Crippen molar-refractivity contribution in [1.82, 2.24) is 20.1 Å². The molecule has 2 N–H and O–H groups in total. The Morgan fingerprint density at radius 3 is 2.71 bits per heavy atom. The molecule has 1 heterocycles. The topological polar surface area (TPSA) is 80.0 Å². The first-order valence-electron chi connectivity index (χ1n) is 8.12. The maximum absolute atomic E-state index is 14.0. The zero-order valence-corrected chi connectivity index (χ0v) is 14.2. The molecule has 0 aliphatic carbocycles. The number of halogens is 1. The van der Waals surface area contributed by atoms with Gasteiger partial charge >= 0.3 is 0 Å². The van der Waals surface area contributed by atoms with Crippen LogP contribution >= 0.6 is 0 Å². The molecule has 2 rings (SSSR count). The highest BCUT2D eigenvalue weighted by Crippen LogP contribution is 2.19. The van der Waals surface area contributed by atoms with Gasteiger partial charge < -0.3 is 10.4 Å². The molecule has 24 heavy (non-hydrogen) atoms. The molecule has 0 aliphatic heterocycles. The maximum atomic E-state index is 14.0. The molecule has 0 radical (unpaired) electrons. The molecule has 1 aromatic heterocycles. The standard InChI is InChI=1S/C17H23FN4O2/c1-4-7-12(23)10-19-17(24)15-20-16(11(2)3)22(21-15)14-9-6-5-8-13(14)18/h5-6,8-9,11-12,23H,4,7,10H2,1-3H3,(H,19,24). The molecule has 0 aliphatic rings. The number of nitrogens with one attached hydrogen (secondary N) is 1. The average molecular weight is 334 g/mol. The van der Waals surface area contributed by atoms with Crippen LogP contribution in [0.1, 0.15) is 56.0 Å². The lowest BCUT2D eigenvalue weighted by atomic mass is 10.2. The number of aliphatic hydroxyl groups excluding tert-OH is 1. The van der Waals surface area contributed by atoms with E-state index in [9.17, 15) is 14.3 Å². The summed E-state index contributed by atoms with van der Waals surface area (Å²) in [5, 5.41) is 16.5. The second kappa shape index (κ2) is 8.01. The van der Waals surface area contributed by atoms with Crippen LogP contribution in [0.4, 0.5) is 4.39 Å². The molecular weight excluding hydrogens is 311 g/mol. The normalized spacial score (nSPS) is 12.4. The number of hydrogen-bond donors (Lipinski definition) is 2. The molecule has 6 nitrogen and oxygen atoms in total. The number of para-hydroxylation sites is 1. The van der Waals surface area contributed by atoms with E-state index >= 15 is 0 Å². The van der Waals surface area contributed by atoms with E-state index < -0.39 is 17.8 Å². The lowest BCUT2D eigenvalue weighted by Crippen LogP contribution is -2.32. The highest BCUT2D eigenvalue weighted by molar-refractivity contribution is 5.90. The Hall–Kier alpha value is -2.28. The smallest absolute Gasteiger partial charge is 0.291 e. The van der Waals surface area contributed by atoms with E-state index in [2.05, 4.69) is 15.4 Å². The summed E-state index contributed by atoms with van der Waals surface area (Å²) in [6, 6.07) is 6.21. The SMILES string of the molecule is CCCC(O)CNC(=O)c1nc(C(C)C)n(-c2ccccc2F)n1. The van der Waals surface area contributed by atoms with Crippen molar-refractivity contribution in [3.8, 4) is 5.69 Å². The molecule has 0 saturated carbocycles. The molecule has 130 valence electrons. The lowest BCUT2D eigenvalue weighted by Gasteiger charge is -2.09. The van der Waals surface area contributed by atoms with Crippen molar-refractivity contribution in [3.63, 3.8) is 0 Å². The van der Waals surface area contributed by atoms with Gasteiger partial charge in [0.25, 0.3) is 5.91 Å². The monoisotopic (exact) mass is 334 g/mol. The predicted octanol–water partition coefficient (Wildman–Crippen LogP) is 2.42. The summed E-state index contributed by atoms with van der Waals surface area (Å²) in [7, 11) is 0. The lowest BCUT2D eigenvalue weighted by molar-refractivity contribution is 0.0900. The van der Waals surface area contributed by atoms with Crippen LogP contribution in [0.5, 0.6) is 0 Å². The molecule has 0 fully saturated rings. The quantitative estimate of drug-likeness (QED) is 0.815. The second-order valence-corrected chi connectivity index (χ2v) is 5.96. The third kappa shape index (κ3) is 4.17. The van der Waals surface area contributed by atoms with Gasteiger partial charge in [-0.25, -0.2) is 14.1 Å². The van der Waals surface area contributed by atoms with Crippen molar-refractivity contribution >= 4 is 5.91 Å². The molecule has 1 amide bonds. The molecule has 2 aromatic rings. The molecule has 0 saturated heterocycles. The van der Waals surface area contributed by atoms with Gasteiger partial charge in [-0.3, -0.25) is 4.79 Å². The zero-order valence-electron chi connectivity index (χ0n) is 14.2. The minimum Gasteiger partial charge on any atom is -0.391 e. The maximum Gasteiger partial charge on any atom is 0.291 e. The third-order valence-electron chi connectivity index (χ3n) is 3.55. The number of carbonyl (C=O) groups excluding carboxylic acids is 1. The highest BCUT2D eigenvalue weighted by Gasteiger charge is 2.21. The van der Waals surface area contributed by atoms with Crippen LogP contribution < -0.4 is 5.32 Å². The Balaban J connectivity index is 2.25. The van der Waals surface area contributed by atoms with Crippen LogP contribution in [0.15, 0.2) is 24.3 Å². The van der Waals surface area contributed by atoms with Crippen LogP contribution in [-0.4, -0.2) is 38.4 Å². The summed E-state index contributed by atoms with van der Waals surface area (Å²) in [6.07, 6.45) is 0.834. The molecule has 0 spiro atoms. The fraction of sp³-hybridized carbons (Fsp3) is 0.471. The fourth-order valence-electron chi connectivity index (χ4n) is 2.32. The van der Waals surface area contributed by atoms with E-state index in [1.54, 1.807) is 18.2 Å². The Morgan fingerprint density at radius 1 is 1.38 bits per heavy atom. The Kier molecular flexibility index (Phi) is 6.03. The number of rotatable bonds is 7. The van der Waals surface area contributed by atoms with Gasteiger partial charge in [0.2, 0.25) is 5.82 Å². The van der Waals surface area contributed by atoms with Crippen LogP contribution in [0, 0.1) is 5.82 Å². The first kappa shape index (κ1) is 18.1. The highest BCUT2D eigenvalue weighted by atomic mass is 19.1. The summed E-state index contributed by atoms with van der Waals surface area (Å²) in [6.45, 7) is 5.89. The van der Waals surface area contributed by atoms with E-state index in [-0.39, 0.29) is 24.0 Å². The summed E-state index contributed by atoms with van der Waals surface area (Å²) in [5.74, 6) is -0.494.